The summed E-state index contributed by atoms with van der Waals surface area (Å²) in [6, 6.07) is 69.1. The van der Waals surface area contributed by atoms with Crippen molar-refractivity contribution < 1.29 is 4.42 Å². The maximum absolute atomic E-state index is 6.44. The first kappa shape index (κ1) is 34.5. The summed E-state index contributed by atoms with van der Waals surface area (Å²) < 4.78 is 11.3. The summed E-state index contributed by atoms with van der Waals surface area (Å²) in [6.45, 7) is 0. The molecule has 0 aliphatic carbocycles. The van der Waals surface area contributed by atoms with Gasteiger partial charge in [-0.3, -0.25) is 0 Å². The first-order valence-electron chi connectivity index (χ1n) is 21.2. The van der Waals surface area contributed by atoms with Gasteiger partial charge in [0, 0.05) is 58.2 Å². The van der Waals surface area contributed by atoms with Crippen LogP contribution in [0, 0.1) is 0 Å². The molecule has 0 atom stereocenters. The molecule has 0 amide bonds. The normalized spacial score (nSPS) is 12.1. The molecule has 0 N–H and O–H groups in total. The molecule has 0 aliphatic rings. The Morgan fingerprint density at radius 2 is 1.00 bits per heavy atom. The lowest BCUT2D eigenvalue weighted by molar-refractivity contribution is 0.669. The number of hydrogen-bond donors (Lipinski definition) is 0. The topological polar surface area (TPSA) is 56.7 Å². The number of thiophene rings is 1. The van der Waals surface area contributed by atoms with Gasteiger partial charge in [-0.15, -0.1) is 11.3 Å². The molecule has 0 radical (unpaired) electrons. The second-order valence-electron chi connectivity index (χ2n) is 16.3. The average molecular weight is 821 g/mol. The zero-order valence-corrected chi connectivity index (χ0v) is 34.4. The SMILES string of the molecule is c1ccc2cc3c(cc2c1)c1ccc2ccccc2c1n3-c1ccc2sc3ccccc3c2c1-c1nc(-c2cccc3ccccc23)nc(-c2cccc3oc4ccccc4c23)n1. The fourth-order valence-electron chi connectivity index (χ4n) is 10.0. The molecule has 10 aromatic carbocycles. The predicted molar refractivity (Wildman–Crippen MR) is 263 cm³/mol. The van der Waals surface area contributed by atoms with E-state index in [4.69, 9.17) is 19.4 Å². The molecular weight excluding hydrogens is 789 g/mol. The summed E-state index contributed by atoms with van der Waals surface area (Å²) >= 11 is 1.80. The van der Waals surface area contributed by atoms with Crippen LogP contribution < -0.4 is 0 Å². The summed E-state index contributed by atoms with van der Waals surface area (Å²) in [5.41, 5.74) is 7.69. The number of furan rings is 1. The van der Waals surface area contributed by atoms with Crippen molar-refractivity contribution in [1.29, 1.82) is 0 Å². The number of rotatable bonds is 4. The average Bonchev–Trinajstić information content (AvgIpc) is 4.02. The van der Waals surface area contributed by atoms with E-state index < -0.39 is 0 Å². The van der Waals surface area contributed by atoms with E-state index in [1.807, 2.05) is 24.3 Å². The minimum Gasteiger partial charge on any atom is -0.456 e. The smallest absolute Gasteiger partial charge is 0.166 e. The highest BCUT2D eigenvalue weighted by molar-refractivity contribution is 7.26. The van der Waals surface area contributed by atoms with Crippen LogP contribution in [0.15, 0.2) is 199 Å². The Hall–Kier alpha value is -8.19. The molecule has 4 aromatic heterocycles. The fraction of sp³-hybridized carbons (Fsp3) is 0. The van der Waals surface area contributed by atoms with Gasteiger partial charge in [-0.1, -0.05) is 152 Å². The van der Waals surface area contributed by atoms with Crippen molar-refractivity contribution >= 4 is 108 Å². The monoisotopic (exact) mass is 820 g/mol. The summed E-state index contributed by atoms with van der Waals surface area (Å²) in [7, 11) is 0. The molecule has 292 valence electrons. The van der Waals surface area contributed by atoms with Crippen LogP contribution in [0.25, 0.3) is 136 Å². The summed E-state index contributed by atoms with van der Waals surface area (Å²) in [4.78, 5) is 16.6. The van der Waals surface area contributed by atoms with E-state index in [0.717, 1.165) is 71.5 Å². The van der Waals surface area contributed by atoms with Crippen molar-refractivity contribution in [2.75, 3.05) is 0 Å². The van der Waals surface area contributed by atoms with Crippen molar-refractivity contribution in [1.82, 2.24) is 19.5 Å². The quantitative estimate of drug-likeness (QED) is 0.177. The van der Waals surface area contributed by atoms with E-state index in [1.165, 1.54) is 47.1 Å². The largest absolute Gasteiger partial charge is 0.456 e. The molecule has 0 fully saturated rings. The van der Waals surface area contributed by atoms with Crippen molar-refractivity contribution in [2.45, 2.75) is 0 Å². The maximum atomic E-state index is 6.44. The van der Waals surface area contributed by atoms with E-state index in [2.05, 4.69) is 174 Å². The number of hydrogen-bond acceptors (Lipinski definition) is 5. The van der Waals surface area contributed by atoms with Crippen LogP contribution in [0.2, 0.25) is 0 Å². The van der Waals surface area contributed by atoms with E-state index in [1.54, 1.807) is 11.3 Å². The second kappa shape index (κ2) is 13.2. The van der Waals surface area contributed by atoms with Crippen molar-refractivity contribution in [3.05, 3.63) is 194 Å². The van der Waals surface area contributed by atoms with Crippen LogP contribution in [0.3, 0.4) is 0 Å². The lowest BCUT2D eigenvalue weighted by Gasteiger charge is -2.17. The van der Waals surface area contributed by atoms with Crippen molar-refractivity contribution in [3.8, 4) is 39.9 Å². The number of benzene rings is 10. The molecule has 0 bridgehead atoms. The Balaban J connectivity index is 1.18. The molecule has 4 heterocycles. The molecule has 14 aromatic rings. The first-order chi connectivity index (χ1) is 31.2. The molecule has 5 nitrogen and oxygen atoms in total. The first-order valence-corrected chi connectivity index (χ1v) is 22.0. The number of para-hydroxylation sites is 1. The van der Waals surface area contributed by atoms with E-state index in [0.29, 0.717) is 17.5 Å². The molecule has 63 heavy (non-hydrogen) atoms. The Labute approximate surface area is 363 Å². The molecule has 0 unspecified atom stereocenters. The van der Waals surface area contributed by atoms with Gasteiger partial charge in [-0.25, -0.2) is 15.0 Å². The standard InChI is InChI=1S/C57H32N4OS/c1-2-16-36-32-46-44(31-35(36)15-1)39-28-27-34-14-4-6-19-38(34)54(39)61(46)45-29-30-50-52(42-21-8-10-26-49(42)63-50)53(45)57-59-55(40-22-11-17-33-13-3-5-18-37(33)40)58-56(60-57)43-23-12-25-48-51(43)41-20-7-9-24-47(41)62-48/h1-32H. The molecular formula is C57H32N4OS. The van der Waals surface area contributed by atoms with E-state index in [-0.39, 0.29) is 0 Å². The highest BCUT2D eigenvalue weighted by Crippen LogP contribution is 2.47. The molecule has 0 saturated carbocycles. The minimum atomic E-state index is 0.584. The minimum absolute atomic E-state index is 0.584. The zero-order valence-electron chi connectivity index (χ0n) is 33.6. The lowest BCUT2D eigenvalue weighted by atomic mass is 10.0. The Bertz CT molecular complexity index is 4230. The second-order valence-corrected chi connectivity index (χ2v) is 17.4. The maximum Gasteiger partial charge on any atom is 0.166 e. The number of fused-ring (bicyclic) bond motifs is 13. The Morgan fingerprint density at radius 3 is 1.86 bits per heavy atom. The fourth-order valence-corrected chi connectivity index (χ4v) is 11.2. The van der Waals surface area contributed by atoms with Gasteiger partial charge in [-0.05, 0) is 69.4 Å². The van der Waals surface area contributed by atoms with Crippen molar-refractivity contribution in [3.63, 3.8) is 0 Å². The van der Waals surface area contributed by atoms with Gasteiger partial charge in [0.1, 0.15) is 11.2 Å². The van der Waals surface area contributed by atoms with Crippen LogP contribution in [-0.2, 0) is 0 Å². The Morgan fingerprint density at radius 1 is 0.381 bits per heavy atom. The van der Waals surface area contributed by atoms with Crippen LogP contribution in [0.4, 0.5) is 0 Å². The predicted octanol–water partition coefficient (Wildman–Crippen LogP) is 15.7. The van der Waals surface area contributed by atoms with Crippen LogP contribution >= 0.6 is 11.3 Å². The summed E-state index contributed by atoms with van der Waals surface area (Å²) in [6.07, 6.45) is 0. The van der Waals surface area contributed by atoms with Gasteiger partial charge in [-0.2, -0.15) is 0 Å². The molecule has 6 heteroatoms. The third-order valence-electron chi connectivity index (χ3n) is 12.8. The van der Waals surface area contributed by atoms with Crippen molar-refractivity contribution in [2.24, 2.45) is 0 Å². The molecule has 0 aliphatic heterocycles. The van der Waals surface area contributed by atoms with Gasteiger partial charge in [0.2, 0.25) is 0 Å². The third-order valence-corrected chi connectivity index (χ3v) is 14.0. The third kappa shape index (κ3) is 5.07. The molecule has 0 saturated heterocycles. The van der Waals surface area contributed by atoms with Crippen LogP contribution in [0.5, 0.6) is 0 Å². The summed E-state index contributed by atoms with van der Waals surface area (Å²) in [5, 5.41) is 13.6. The highest BCUT2D eigenvalue weighted by Gasteiger charge is 2.26. The molecule has 14 rings (SSSR count). The van der Waals surface area contributed by atoms with Gasteiger partial charge in [0.05, 0.1) is 22.3 Å². The summed E-state index contributed by atoms with van der Waals surface area (Å²) in [5.74, 6) is 1.80. The van der Waals surface area contributed by atoms with E-state index >= 15 is 0 Å². The highest BCUT2D eigenvalue weighted by atomic mass is 32.1. The zero-order chi connectivity index (χ0) is 41.2. The van der Waals surface area contributed by atoms with Gasteiger partial charge in [0.15, 0.2) is 17.5 Å². The lowest BCUT2D eigenvalue weighted by Crippen LogP contribution is -2.04. The Kier molecular flexibility index (Phi) is 7.21. The number of aromatic nitrogens is 4. The van der Waals surface area contributed by atoms with Gasteiger partial charge < -0.3 is 8.98 Å². The van der Waals surface area contributed by atoms with Gasteiger partial charge in [0.25, 0.3) is 0 Å². The molecule has 0 spiro atoms. The van der Waals surface area contributed by atoms with Gasteiger partial charge >= 0.3 is 0 Å². The van der Waals surface area contributed by atoms with E-state index in [9.17, 15) is 0 Å². The number of nitrogens with zero attached hydrogens (tertiary/aromatic N) is 4. The van der Waals surface area contributed by atoms with Crippen LogP contribution in [-0.4, -0.2) is 19.5 Å². The van der Waals surface area contributed by atoms with Crippen LogP contribution in [0.1, 0.15) is 0 Å².